The Morgan fingerprint density at radius 1 is 0.889 bits per heavy atom. The largest absolute Gasteiger partial charge is 0.481 e. The lowest BCUT2D eigenvalue weighted by atomic mass is 9.95. The van der Waals surface area contributed by atoms with Gasteiger partial charge in [-0.1, -0.05) is 36.4 Å². The second-order valence-corrected chi connectivity index (χ2v) is 4.07. The van der Waals surface area contributed by atoms with E-state index in [9.17, 15) is 9.59 Å². The van der Waals surface area contributed by atoms with Gasteiger partial charge in [-0.15, -0.1) is 0 Å². The third kappa shape index (κ3) is 2.48. The topological polar surface area (TPSA) is 74.6 Å². The first-order chi connectivity index (χ1) is 8.58. The third-order valence-corrected chi connectivity index (χ3v) is 2.81. The van der Waals surface area contributed by atoms with E-state index < -0.39 is 11.9 Å². The van der Waals surface area contributed by atoms with Crippen LogP contribution in [0.5, 0.6) is 0 Å². The minimum atomic E-state index is -0.961. The van der Waals surface area contributed by atoms with Crippen LogP contribution in [0.25, 0.3) is 10.8 Å². The fourth-order valence-corrected chi connectivity index (χ4v) is 2.07. The van der Waals surface area contributed by atoms with Crippen LogP contribution < -0.4 is 0 Å². The second-order valence-electron chi connectivity index (χ2n) is 4.07. The van der Waals surface area contributed by atoms with Crippen molar-refractivity contribution in [3.63, 3.8) is 0 Å². The van der Waals surface area contributed by atoms with Gasteiger partial charge in [-0.2, -0.15) is 0 Å². The van der Waals surface area contributed by atoms with Gasteiger partial charge in [0.05, 0.1) is 12.8 Å². The van der Waals surface area contributed by atoms with Crippen LogP contribution in [-0.2, 0) is 22.4 Å². The van der Waals surface area contributed by atoms with Gasteiger partial charge in [0.1, 0.15) is 0 Å². The Balaban J connectivity index is 2.62. The molecule has 0 aliphatic heterocycles. The van der Waals surface area contributed by atoms with Gasteiger partial charge in [-0.25, -0.2) is 0 Å². The first-order valence-corrected chi connectivity index (χ1v) is 5.51. The predicted molar refractivity (Wildman–Crippen MR) is 66.6 cm³/mol. The fourth-order valence-electron chi connectivity index (χ4n) is 2.07. The van der Waals surface area contributed by atoms with E-state index >= 15 is 0 Å². The van der Waals surface area contributed by atoms with Crippen molar-refractivity contribution in [3.8, 4) is 0 Å². The number of carboxylic acid groups (broad SMARTS) is 2. The molecule has 2 rings (SSSR count). The highest BCUT2D eigenvalue weighted by molar-refractivity contribution is 5.90. The summed E-state index contributed by atoms with van der Waals surface area (Å²) in [5, 5.41) is 19.5. The number of fused-ring (bicyclic) bond motifs is 1. The Morgan fingerprint density at radius 3 is 2.22 bits per heavy atom. The molecular formula is C14H12O4. The van der Waals surface area contributed by atoms with Gasteiger partial charge in [0.15, 0.2) is 0 Å². The molecule has 0 atom stereocenters. The highest BCUT2D eigenvalue weighted by atomic mass is 16.4. The zero-order valence-electron chi connectivity index (χ0n) is 9.59. The molecule has 0 aliphatic carbocycles. The van der Waals surface area contributed by atoms with E-state index in [1.165, 1.54) is 0 Å². The first-order valence-electron chi connectivity index (χ1n) is 5.51. The van der Waals surface area contributed by atoms with E-state index in [2.05, 4.69) is 0 Å². The summed E-state index contributed by atoms with van der Waals surface area (Å²) >= 11 is 0. The van der Waals surface area contributed by atoms with Crippen molar-refractivity contribution in [1.29, 1.82) is 0 Å². The maximum Gasteiger partial charge on any atom is 0.307 e. The van der Waals surface area contributed by atoms with Gasteiger partial charge in [-0.05, 0) is 21.9 Å². The van der Waals surface area contributed by atoms with Crippen molar-refractivity contribution in [2.24, 2.45) is 0 Å². The third-order valence-electron chi connectivity index (χ3n) is 2.81. The van der Waals surface area contributed by atoms with Gasteiger partial charge < -0.3 is 10.2 Å². The van der Waals surface area contributed by atoms with Crippen LogP contribution in [0.3, 0.4) is 0 Å². The summed E-state index contributed by atoms with van der Waals surface area (Å²) in [4.78, 5) is 21.7. The SMILES string of the molecule is O=C(O)Cc1ccc2ccccc2c1CC(=O)O. The molecule has 0 bridgehead atoms. The van der Waals surface area contributed by atoms with E-state index in [0.29, 0.717) is 11.1 Å². The van der Waals surface area contributed by atoms with Crippen LogP contribution in [0.1, 0.15) is 11.1 Å². The maximum absolute atomic E-state index is 10.9. The number of rotatable bonds is 4. The molecule has 0 saturated heterocycles. The molecule has 4 nitrogen and oxygen atoms in total. The number of benzene rings is 2. The number of aliphatic carboxylic acids is 2. The Kier molecular flexibility index (Phi) is 3.28. The van der Waals surface area contributed by atoms with Crippen molar-refractivity contribution >= 4 is 22.7 Å². The summed E-state index contributed by atoms with van der Waals surface area (Å²) in [6, 6.07) is 10.9. The quantitative estimate of drug-likeness (QED) is 0.863. The molecule has 0 saturated carbocycles. The van der Waals surface area contributed by atoms with Crippen LogP contribution in [0, 0.1) is 0 Å². The highest BCUT2D eigenvalue weighted by Gasteiger charge is 2.13. The molecule has 0 amide bonds. The minimum Gasteiger partial charge on any atom is -0.481 e. The summed E-state index contributed by atoms with van der Waals surface area (Å²) in [6.07, 6.45) is -0.322. The van der Waals surface area contributed by atoms with Gasteiger partial charge in [0.25, 0.3) is 0 Å². The zero-order valence-corrected chi connectivity index (χ0v) is 9.59. The van der Waals surface area contributed by atoms with Gasteiger partial charge in [0.2, 0.25) is 0 Å². The maximum atomic E-state index is 10.9. The number of hydrogen-bond donors (Lipinski definition) is 2. The second kappa shape index (κ2) is 4.87. The van der Waals surface area contributed by atoms with Crippen molar-refractivity contribution in [2.45, 2.75) is 12.8 Å². The standard InChI is InChI=1S/C14H12O4/c15-13(16)7-10-6-5-9-3-1-2-4-11(9)12(10)8-14(17)18/h1-6H,7-8H2,(H,15,16)(H,17,18). The number of carbonyl (C=O) groups is 2. The molecule has 0 aliphatic rings. The van der Waals surface area contributed by atoms with Gasteiger partial charge in [-0.3, -0.25) is 9.59 Å². The molecule has 0 aromatic heterocycles. The van der Waals surface area contributed by atoms with E-state index in [1.54, 1.807) is 6.07 Å². The molecule has 0 fully saturated rings. The fraction of sp³-hybridized carbons (Fsp3) is 0.143. The monoisotopic (exact) mass is 244 g/mol. The molecular weight excluding hydrogens is 232 g/mol. The van der Waals surface area contributed by atoms with Crippen LogP contribution in [0.2, 0.25) is 0 Å². The van der Waals surface area contributed by atoms with Crippen LogP contribution >= 0.6 is 0 Å². The molecule has 0 spiro atoms. The van der Waals surface area contributed by atoms with Crippen LogP contribution in [0.15, 0.2) is 36.4 Å². The van der Waals surface area contributed by atoms with Crippen molar-refractivity contribution in [3.05, 3.63) is 47.5 Å². The Labute approximate surface area is 103 Å². The number of hydrogen-bond acceptors (Lipinski definition) is 2. The van der Waals surface area contributed by atoms with Crippen molar-refractivity contribution < 1.29 is 19.8 Å². The van der Waals surface area contributed by atoms with E-state index in [1.807, 2.05) is 30.3 Å². The average Bonchev–Trinajstić information content (AvgIpc) is 2.31. The molecule has 2 aromatic rings. The highest BCUT2D eigenvalue weighted by Crippen LogP contribution is 2.23. The lowest BCUT2D eigenvalue weighted by Crippen LogP contribution is -2.08. The molecule has 18 heavy (non-hydrogen) atoms. The van der Waals surface area contributed by atoms with Crippen LogP contribution in [-0.4, -0.2) is 22.2 Å². The first kappa shape index (κ1) is 12.1. The summed E-state index contributed by atoms with van der Waals surface area (Å²) in [7, 11) is 0. The van der Waals surface area contributed by atoms with Crippen molar-refractivity contribution in [2.75, 3.05) is 0 Å². The summed E-state index contributed by atoms with van der Waals surface area (Å²) < 4.78 is 0. The Morgan fingerprint density at radius 2 is 1.56 bits per heavy atom. The summed E-state index contributed by atoms with van der Waals surface area (Å²) in [5.41, 5.74) is 1.15. The molecule has 0 heterocycles. The molecule has 2 N–H and O–H groups in total. The normalized spacial score (nSPS) is 10.4. The van der Waals surface area contributed by atoms with E-state index in [4.69, 9.17) is 10.2 Å². The lowest BCUT2D eigenvalue weighted by Gasteiger charge is -2.10. The Hall–Kier alpha value is -2.36. The van der Waals surface area contributed by atoms with E-state index in [0.717, 1.165) is 10.8 Å². The molecule has 0 radical (unpaired) electrons. The molecule has 4 heteroatoms. The summed E-state index contributed by atoms with van der Waals surface area (Å²) in [5.74, 6) is -1.92. The van der Waals surface area contributed by atoms with Gasteiger partial charge >= 0.3 is 11.9 Å². The van der Waals surface area contributed by atoms with Crippen molar-refractivity contribution in [1.82, 2.24) is 0 Å². The zero-order chi connectivity index (χ0) is 13.1. The smallest absolute Gasteiger partial charge is 0.307 e. The molecule has 2 aromatic carbocycles. The summed E-state index contributed by atoms with van der Waals surface area (Å²) in [6.45, 7) is 0. The molecule has 92 valence electrons. The minimum absolute atomic E-state index is 0.159. The van der Waals surface area contributed by atoms with Gasteiger partial charge in [0, 0.05) is 0 Å². The lowest BCUT2D eigenvalue weighted by molar-refractivity contribution is -0.137. The van der Waals surface area contributed by atoms with E-state index in [-0.39, 0.29) is 12.8 Å². The Bertz CT molecular complexity index is 616. The van der Waals surface area contributed by atoms with Crippen LogP contribution in [0.4, 0.5) is 0 Å². The number of carboxylic acids is 2. The predicted octanol–water partition coefficient (Wildman–Crippen LogP) is 2.09. The average molecular weight is 244 g/mol. The molecule has 0 unspecified atom stereocenters.